The van der Waals surface area contributed by atoms with Gasteiger partial charge in [-0.2, -0.15) is 4.98 Å². The molecule has 0 bridgehead atoms. The molecule has 1 saturated heterocycles. The Balaban J connectivity index is 1.47. The number of nitrogens with zero attached hydrogens (tertiary/aromatic N) is 4. The van der Waals surface area contributed by atoms with Gasteiger partial charge in [-0.05, 0) is 31.9 Å². The predicted molar refractivity (Wildman–Crippen MR) is 83.7 cm³/mol. The van der Waals surface area contributed by atoms with Crippen molar-refractivity contribution in [3.63, 3.8) is 0 Å². The van der Waals surface area contributed by atoms with Crippen LogP contribution in [0.2, 0.25) is 0 Å². The summed E-state index contributed by atoms with van der Waals surface area (Å²) < 4.78 is 4.96. The van der Waals surface area contributed by atoms with Crippen LogP contribution in [-0.2, 0) is 11.3 Å². The molecule has 1 aliphatic heterocycles. The molecule has 8 nitrogen and oxygen atoms in total. The number of hydrogen-bond donors (Lipinski definition) is 1. The molecule has 0 saturated carbocycles. The lowest BCUT2D eigenvalue weighted by Gasteiger charge is -2.31. The summed E-state index contributed by atoms with van der Waals surface area (Å²) in [6, 6.07) is 5.27. The van der Waals surface area contributed by atoms with Crippen LogP contribution in [0.25, 0.3) is 0 Å². The van der Waals surface area contributed by atoms with Gasteiger partial charge in [-0.25, -0.2) is 0 Å². The van der Waals surface area contributed by atoms with Crippen molar-refractivity contribution in [1.82, 2.24) is 25.3 Å². The molecule has 1 fully saturated rings. The molecule has 0 unspecified atom stereocenters. The molecule has 1 aliphatic rings. The fourth-order valence-corrected chi connectivity index (χ4v) is 2.71. The zero-order valence-corrected chi connectivity index (χ0v) is 13.4. The quantitative estimate of drug-likeness (QED) is 0.896. The van der Waals surface area contributed by atoms with Crippen LogP contribution in [0.4, 0.5) is 0 Å². The number of likely N-dealkylation sites (tertiary alicyclic amines) is 1. The first-order chi connectivity index (χ1) is 11.6. The number of rotatable bonds is 4. The molecule has 8 heteroatoms. The zero-order valence-electron chi connectivity index (χ0n) is 13.4. The molecule has 0 spiro atoms. The molecule has 126 valence electrons. The largest absolute Gasteiger partial charge is 0.347 e. The fraction of sp³-hybridized carbons (Fsp3) is 0.438. The van der Waals surface area contributed by atoms with Gasteiger partial charge >= 0.3 is 0 Å². The number of nitrogens with one attached hydrogen (secondary N) is 1. The lowest BCUT2D eigenvalue weighted by molar-refractivity contribution is -0.126. The maximum atomic E-state index is 12.3. The van der Waals surface area contributed by atoms with Gasteiger partial charge in [-0.1, -0.05) is 11.2 Å². The van der Waals surface area contributed by atoms with Gasteiger partial charge in [0.05, 0.1) is 6.54 Å². The van der Waals surface area contributed by atoms with Crippen LogP contribution in [0.1, 0.15) is 35.0 Å². The molecule has 0 radical (unpaired) electrons. The van der Waals surface area contributed by atoms with Gasteiger partial charge in [0.1, 0.15) is 5.69 Å². The summed E-state index contributed by atoms with van der Waals surface area (Å²) in [7, 11) is 0. The Morgan fingerprint density at radius 3 is 2.75 bits per heavy atom. The van der Waals surface area contributed by atoms with Crippen molar-refractivity contribution in [3.05, 3.63) is 41.8 Å². The molecule has 0 aliphatic carbocycles. The second-order valence-electron chi connectivity index (χ2n) is 5.73. The van der Waals surface area contributed by atoms with E-state index in [0.29, 0.717) is 43.3 Å². The third-order valence-electron chi connectivity index (χ3n) is 4.02. The monoisotopic (exact) mass is 329 g/mol. The fourth-order valence-electron chi connectivity index (χ4n) is 2.71. The molecule has 3 rings (SSSR count). The van der Waals surface area contributed by atoms with E-state index in [1.54, 1.807) is 36.2 Å². The van der Waals surface area contributed by atoms with Crippen molar-refractivity contribution < 1.29 is 14.1 Å². The molecule has 1 N–H and O–H groups in total. The third-order valence-corrected chi connectivity index (χ3v) is 4.02. The van der Waals surface area contributed by atoms with E-state index in [9.17, 15) is 9.59 Å². The standard InChI is InChI=1S/C16H19N5O3/c1-11-19-14(24-20-11)10-18-15(22)12-5-8-21(9-6-12)16(23)13-4-2-3-7-17-13/h2-4,7,12H,5-6,8-10H2,1H3,(H,18,22). The summed E-state index contributed by atoms with van der Waals surface area (Å²) in [4.78, 5) is 34.4. The second-order valence-corrected chi connectivity index (χ2v) is 5.73. The Morgan fingerprint density at radius 1 is 1.33 bits per heavy atom. The van der Waals surface area contributed by atoms with E-state index < -0.39 is 0 Å². The molecule has 0 aromatic carbocycles. The average molecular weight is 329 g/mol. The third kappa shape index (κ3) is 3.76. The highest BCUT2D eigenvalue weighted by Crippen LogP contribution is 2.19. The molecule has 0 atom stereocenters. The Hall–Kier alpha value is -2.77. The molecule has 2 aromatic rings. The van der Waals surface area contributed by atoms with Crippen LogP contribution in [0, 0.1) is 12.8 Å². The summed E-state index contributed by atoms with van der Waals surface area (Å²) in [6.45, 7) is 3.05. The minimum atomic E-state index is -0.109. The minimum Gasteiger partial charge on any atom is -0.347 e. The zero-order chi connectivity index (χ0) is 16.9. The van der Waals surface area contributed by atoms with Crippen molar-refractivity contribution in [1.29, 1.82) is 0 Å². The predicted octanol–water partition coefficient (Wildman–Crippen LogP) is 0.942. The van der Waals surface area contributed by atoms with E-state index in [4.69, 9.17) is 4.52 Å². The number of aryl methyl sites for hydroxylation is 1. The van der Waals surface area contributed by atoms with Crippen molar-refractivity contribution >= 4 is 11.8 Å². The highest BCUT2D eigenvalue weighted by Gasteiger charge is 2.28. The van der Waals surface area contributed by atoms with Crippen LogP contribution in [0.15, 0.2) is 28.9 Å². The Morgan fingerprint density at radius 2 is 2.12 bits per heavy atom. The highest BCUT2D eigenvalue weighted by atomic mass is 16.5. The van der Waals surface area contributed by atoms with Gasteiger partial charge in [-0.3, -0.25) is 14.6 Å². The number of aromatic nitrogens is 3. The van der Waals surface area contributed by atoms with Crippen molar-refractivity contribution in [2.45, 2.75) is 26.3 Å². The van der Waals surface area contributed by atoms with Gasteiger partial charge in [0.25, 0.3) is 5.91 Å². The van der Waals surface area contributed by atoms with Crippen LogP contribution in [0.3, 0.4) is 0 Å². The normalized spacial score (nSPS) is 15.3. The van der Waals surface area contributed by atoms with Gasteiger partial charge < -0.3 is 14.7 Å². The number of carbonyl (C=O) groups excluding carboxylic acids is 2. The maximum Gasteiger partial charge on any atom is 0.272 e. The number of piperidine rings is 1. The first-order valence-corrected chi connectivity index (χ1v) is 7.90. The molecular formula is C16H19N5O3. The summed E-state index contributed by atoms with van der Waals surface area (Å²) in [5, 5.41) is 6.48. The lowest BCUT2D eigenvalue weighted by Crippen LogP contribution is -2.43. The Kier molecular flexibility index (Phi) is 4.83. The summed E-state index contributed by atoms with van der Waals surface area (Å²) in [5.74, 6) is 0.692. The van der Waals surface area contributed by atoms with E-state index in [2.05, 4.69) is 20.4 Å². The maximum absolute atomic E-state index is 12.3. The minimum absolute atomic E-state index is 0.0456. The van der Waals surface area contributed by atoms with E-state index in [0.717, 1.165) is 0 Å². The topological polar surface area (TPSA) is 101 Å². The number of amides is 2. The van der Waals surface area contributed by atoms with Gasteiger partial charge in [0.15, 0.2) is 5.82 Å². The second kappa shape index (κ2) is 7.20. The summed E-state index contributed by atoms with van der Waals surface area (Å²) in [5.41, 5.74) is 0.437. The van der Waals surface area contributed by atoms with Crippen LogP contribution < -0.4 is 5.32 Å². The van der Waals surface area contributed by atoms with E-state index in [1.807, 2.05) is 0 Å². The molecule has 2 aromatic heterocycles. The van der Waals surface area contributed by atoms with Crippen molar-refractivity contribution in [3.8, 4) is 0 Å². The summed E-state index contributed by atoms with van der Waals surface area (Å²) >= 11 is 0. The molecule has 24 heavy (non-hydrogen) atoms. The van der Waals surface area contributed by atoms with Crippen LogP contribution in [-0.4, -0.2) is 44.9 Å². The molecular weight excluding hydrogens is 310 g/mol. The van der Waals surface area contributed by atoms with E-state index in [-0.39, 0.29) is 24.3 Å². The number of carbonyl (C=O) groups is 2. The van der Waals surface area contributed by atoms with Gasteiger partial charge in [-0.15, -0.1) is 0 Å². The Bertz CT molecular complexity index is 708. The molecule has 3 heterocycles. The highest BCUT2D eigenvalue weighted by molar-refractivity contribution is 5.92. The van der Waals surface area contributed by atoms with Gasteiger partial charge in [0.2, 0.25) is 11.8 Å². The Labute approximate surface area is 139 Å². The number of hydrogen-bond acceptors (Lipinski definition) is 6. The summed E-state index contributed by atoms with van der Waals surface area (Å²) in [6.07, 6.45) is 2.87. The van der Waals surface area contributed by atoms with E-state index in [1.165, 1.54) is 0 Å². The first kappa shape index (κ1) is 16.1. The lowest BCUT2D eigenvalue weighted by atomic mass is 9.95. The van der Waals surface area contributed by atoms with Crippen LogP contribution in [0.5, 0.6) is 0 Å². The van der Waals surface area contributed by atoms with Crippen LogP contribution >= 0.6 is 0 Å². The first-order valence-electron chi connectivity index (χ1n) is 7.90. The van der Waals surface area contributed by atoms with E-state index >= 15 is 0 Å². The van der Waals surface area contributed by atoms with Crippen molar-refractivity contribution in [2.75, 3.05) is 13.1 Å². The average Bonchev–Trinajstić information content (AvgIpc) is 3.05. The smallest absolute Gasteiger partial charge is 0.272 e. The van der Waals surface area contributed by atoms with Crippen molar-refractivity contribution in [2.24, 2.45) is 5.92 Å². The number of pyridine rings is 1. The SMILES string of the molecule is Cc1noc(CNC(=O)C2CCN(C(=O)c3ccccn3)CC2)n1. The molecule has 2 amide bonds. The van der Waals surface area contributed by atoms with Gasteiger partial charge in [0, 0.05) is 25.2 Å².